The second-order valence-corrected chi connectivity index (χ2v) is 3.01. The molecule has 0 bridgehead atoms. The Hall–Kier alpha value is -2.43. The SMILES string of the molecule is O=C(NN1C=CC=CN1)Oc1ccccc1. The Morgan fingerprint density at radius 1 is 1.25 bits per heavy atom. The Morgan fingerprint density at radius 2 is 2.06 bits per heavy atom. The summed E-state index contributed by atoms with van der Waals surface area (Å²) in [7, 11) is 0. The number of para-hydroxylation sites is 1. The molecule has 1 amide bonds. The van der Waals surface area contributed by atoms with Gasteiger partial charge in [0.05, 0.1) is 0 Å². The van der Waals surface area contributed by atoms with Crippen LogP contribution in [0.25, 0.3) is 0 Å². The smallest absolute Gasteiger partial charge is 0.409 e. The number of carbonyl (C=O) groups is 1. The molecule has 2 N–H and O–H groups in total. The molecule has 5 heteroatoms. The van der Waals surface area contributed by atoms with Crippen molar-refractivity contribution in [3.8, 4) is 5.75 Å². The summed E-state index contributed by atoms with van der Waals surface area (Å²) in [6, 6.07) is 8.86. The van der Waals surface area contributed by atoms with Crippen LogP contribution in [0.1, 0.15) is 0 Å². The maximum Gasteiger partial charge on any atom is 0.433 e. The molecular weight excluding hydrogens is 206 g/mol. The summed E-state index contributed by atoms with van der Waals surface area (Å²) >= 11 is 0. The molecule has 0 saturated carbocycles. The number of nitrogens with one attached hydrogen (secondary N) is 2. The van der Waals surface area contributed by atoms with Crippen molar-refractivity contribution >= 4 is 6.09 Å². The summed E-state index contributed by atoms with van der Waals surface area (Å²) in [5, 5.41) is 1.39. The number of rotatable bonds is 2. The largest absolute Gasteiger partial charge is 0.433 e. The first-order valence-electron chi connectivity index (χ1n) is 4.77. The molecule has 0 spiro atoms. The predicted molar refractivity (Wildman–Crippen MR) is 58.9 cm³/mol. The molecule has 0 radical (unpaired) electrons. The normalized spacial score (nSPS) is 13.1. The number of nitrogens with zero attached hydrogens (tertiary/aromatic N) is 1. The standard InChI is InChI=1S/C11H11N3O2/c15-11(13-14-9-5-4-8-12-14)16-10-6-2-1-3-7-10/h1-9,12H,(H,13,15). The molecule has 0 unspecified atom stereocenters. The van der Waals surface area contributed by atoms with Crippen molar-refractivity contribution in [2.75, 3.05) is 0 Å². The van der Waals surface area contributed by atoms with Crippen molar-refractivity contribution in [1.82, 2.24) is 16.0 Å². The number of hydrogen-bond acceptors (Lipinski definition) is 4. The minimum atomic E-state index is -0.557. The highest BCUT2D eigenvalue weighted by atomic mass is 16.6. The molecule has 5 nitrogen and oxygen atoms in total. The molecule has 0 saturated heterocycles. The Balaban J connectivity index is 1.85. The van der Waals surface area contributed by atoms with Crippen molar-refractivity contribution in [1.29, 1.82) is 0 Å². The van der Waals surface area contributed by atoms with Crippen LogP contribution in [0.15, 0.2) is 54.9 Å². The van der Waals surface area contributed by atoms with Crippen molar-refractivity contribution < 1.29 is 9.53 Å². The zero-order valence-corrected chi connectivity index (χ0v) is 8.46. The number of hydrazine groups is 2. The first-order chi connectivity index (χ1) is 7.84. The molecule has 0 atom stereocenters. The summed E-state index contributed by atoms with van der Waals surface area (Å²) in [6.45, 7) is 0. The van der Waals surface area contributed by atoms with E-state index in [1.165, 1.54) is 5.12 Å². The summed E-state index contributed by atoms with van der Waals surface area (Å²) in [4.78, 5) is 11.4. The van der Waals surface area contributed by atoms with Gasteiger partial charge in [0.25, 0.3) is 0 Å². The highest BCUT2D eigenvalue weighted by Crippen LogP contribution is 2.08. The van der Waals surface area contributed by atoms with E-state index in [9.17, 15) is 4.79 Å². The first-order valence-corrected chi connectivity index (χ1v) is 4.77. The van der Waals surface area contributed by atoms with Crippen LogP contribution < -0.4 is 15.6 Å². The molecule has 1 aromatic carbocycles. The van der Waals surface area contributed by atoms with Crippen molar-refractivity contribution in [2.45, 2.75) is 0 Å². The monoisotopic (exact) mass is 217 g/mol. The van der Waals surface area contributed by atoms with E-state index in [0.29, 0.717) is 5.75 Å². The summed E-state index contributed by atoms with van der Waals surface area (Å²) < 4.78 is 5.03. The second-order valence-electron chi connectivity index (χ2n) is 3.01. The lowest BCUT2D eigenvalue weighted by Crippen LogP contribution is -2.46. The molecule has 1 heterocycles. The van der Waals surface area contributed by atoms with Gasteiger partial charge in [-0.1, -0.05) is 18.2 Å². The van der Waals surface area contributed by atoms with E-state index < -0.39 is 6.09 Å². The molecule has 2 rings (SSSR count). The van der Waals surface area contributed by atoms with E-state index in [4.69, 9.17) is 4.74 Å². The fraction of sp³-hybridized carbons (Fsp3) is 0. The number of carbonyl (C=O) groups excluding carboxylic acids is 1. The average molecular weight is 217 g/mol. The minimum Gasteiger partial charge on any atom is -0.409 e. The third-order valence-electron chi connectivity index (χ3n) is 1.82. The summed E-state index contributed by atoms with van der Waals surface area (Å²) in [6.07, 6.45) is 6.37. The van der Waals surface area contributed by atoms with Gasteiger partial charge in [-0.3, -0.25) is 5.43 Å². The van der Waals surface area contributed by atoms with Gasteiger partial charge in [-0.25, -0.2) is 15.3 Å². The van der Waals surface area contributed by atoms with Gasteiger partial charge in [-0.2, -0.15) is 0 Å². The molecule has 1 aromatic rings. The van der Waals surface area contributed by atoms with Gasteiger partial charge in [0, 0.05) is 12.4 Å². The molecule has 1 aliphatic rings. The molecule has 0 aliphatic carbocycles. The lowest BCUT2D eigenvalue weighted by atomic mass is 10.3. The van der Waals surface area contributed by atoms with E-state index in [-0.39, 0.29) is 0 Å². The number of benzene rings is 1. The van der Waals surface area contributed by atoms with Gasteiger partial charge in [0.1, 0.15) is 5.75 Å². The highest BCUT2D eigenvalue weighted by Gasteiger charge is 2.07. The van der Waals surface area contributed by atoms with Gasteiger partial charge >= 0.3 is 6.09 Å². The molecule has 16 heavy (non-hydrogen) atoms. The van der Waals surface area contributed by atoms with Gasteiger partial charge < -0.3 is 4.74 Å². The summed E-state index contributed by atoms with van der Waals surface area (Å²) in [5.41, 5.74) is 5.28. The van der Waals surface area contributed by atoms with Crippen LogP contribution in [0.3, 0.4) is 0 Å². The average Bonchev–Trinajstić information content (AvgIpc) is 2.31. The maximum absolute atomic E-state index is 11.4. The lowest BCUT2D eigenvalue weighted by Gasteiger charge is -2.21. The molecule has 0 aromatic heterocycles. The molecule has 0 fully saturated rings. The minimum absolute atomic E-state index is 0.497. The predicted octanol–water partition coefficient (Wildman–Crippen LogP) is 1.54. The van der Waals surface area contributed by atoms with E-state index in [1.807, 2.05) is 6.07 Å². The van der Waals surface area contributed by atoms with Crippen LogP contribution in [-0.2, 0) is 0 Å². The quantitative estimate of drug-likeness (QED) is 0.789. The number of hydrogen-bond donors (Lipinski definition) is 2. The fourth-order valence-corrected chi connectivity index (χ4v) is 1.14. The van der Waals surface area contributed by atoms with Crippen molar-refractivity contribution in [3.63, 3.8) is 0 Å². The van der Waals surface area contributed by atoms with Crippen LogP contribution in [-0.4, -0.2) is 11.2 Å². The van der Waals surface area contributed by atoms with E-state index in [2.05, 4.69) is 10.9 Å². The molecule has 82 valence electrons. The zero-order valence-electron chi connectivity index (χ0n) is 8.46. The Bertz CT molecular complexity index is 414. The topological polar surface area (TPSA) is 53.6 Å². The van der Waals surface area contributed by atoms with Crippen LogP contribution in [0.4, 0.5) is 4.79 Å². The number of amides is 1. The molecule has 1 aliphatic heterocycles. The second kappa shape index (κ2) is 4.88. The molecular formula is C11H11N3O2. The van der Waals surface area contributed by atoms with E-state index in [0.717, 1.165) is 0 Å². The first kappa shape index (κ1) is 10.1. The van der Waals surface area contributed by atoms with Crippen LogP contribution >= 0.6 is 0 Å². The number of allylic oxidation sites excluding steroid dienone is 2. The Kier molecular flexibility index (Phi) is 3.08. The van der Waals surface area contributed by atoms with E-state index in [1.54, 1.807) is 48.8 Å². The van der Waals surface area contributed by atoms with Gasteiger partial charge in [-0.05, 0) is 24.3 Å². The van der Waals surface area contributed by atoms with Gasteiger partial charge in [-0.15, -0.1) is 0 Å². The Morgan fingerprint density at radius 3 is 2.75 bits per heavy atom. The van der Waals surface area contributed by atoms with Gasteiger partial charge in [0.2, 0.25) is 0 Å². The van der Waals surface area contributed by atoms with E-state index >= 15 is 0 Å². The fourth-order valence-electron chi connectivity index (χ4n) is 1.14. The van der Waals surface area contributed by atoms with Crippen LogP contribution in [0, 0.1) is 0 Å². The van der Waals surface area contributed by atoms with Crippen molar-refractivity contribution in [3.05, 3.63) is 54.9 Å². The Labute approximate surface area is 92.9 Å². The highest BCUT2D eigenvalue weighted by molar-refractivity contribution is 5.69. The lowest BCUT2D eigenvalue weighted by molar-refractivity contribution is 0.154. The van der Waals surface area contributed by atoms with Crippen LogP contribution in [0.5, 0.6) is 5.75 Å². The summed E-state index contributed by atoms with van der Waals surface area (Å²) in [5.74, 6) is 0.497. The van der Waals surface area contributed by atoms with Crippen molar-refractivity contribution in [2.24, 2.45) is 0 Å². The maximum atomic E-state index is 11.4. The third kappa shape index (κ3) is 2.78. The van der Waals surface area contributed by atoms with Crippen LogP contribution in [0.2, 0.25) is 0 Å². The third-order valence-corrected chi connectivity index (χ3v) is 1.82. The van der Waals surface area contributed by atoms with Gasteiger partial charge in [0.15, 0.2) is 0 Å². The number of ether oxygens (including phenoxy) is 1. The zero-order chi connectivity index (χ0) is 11.2.